The number of esters is 2. The van der Waals surface area contributed by atoms with Crippen LogP contribution in [0.2, 0.25) is 0 Å². The van der Waals surface area contributed by atoms with E-state index in [0.29, 0.717) is 6.42 Å². The van der Waals surface area contributed by atoms with Crippen LogP contribution in [-0.4, -0.2) is 49.9 Å². The summed E-state index contributed by atoms with van der Waals surface area (Å²) in [7, 11) is 2.63. The molecule has 3 N–H and O–H groups in total. The van der Waals surface area contributed by atoms with Crippen molar-refractivity contribution in [1.29, 1.82) is 0 Å². The summed E-state index contributed by atoms with van der Waals surface area (Å²) >= 11 is 0. The fourth-order valence-electron chi connectivity index (χ4n) is 1.86. The third-order valence-corrected chi connectivity index (χ3v) is 3.34. The van der Waals surface area contributed by atoms with Crippen molar-refractivity contribution in [2.45, 2.75) is 51.3 Å². The van der Waals surface area contributed by atoms with Gasteiger partial charge in [0, 0.05) is 12.1 Å². The maximum absolute atomic E-state index is 11.1. The molecule has 2 unspecified atom stereocenters. The predicted octanol–water partition coefficient (Wildman–Crippen LogP) is 0.579. The third kappa shape index (κ3) is 6.85. The Bertz CT molecular complexity index is 439. The highest BCUT2D eigenvalue weighted by molar-refractivity contribution is 5.87. The average molecular weight is 330 g/mol. The second-order valence-electron chi connectivity index (χ2n) is 6.65. The molecule has 0 bridgehead atoms. The van der Waals surface area contributed by atoms with Crippen molar-refractivity contribution in [1.82, 2.24) is 5.32 Å². The van der Waals surface area contributed by atoms with Gasteiger partial charge in [0.1, 0.15) is 5.60 Å². The largest absolute Gasteiger partial charge is 0.469 e. The first kappa shape index (κ1) is 19.2. The number of methoxy groups -OCH3 is 2. The Morgan fingerprint density at radius 1 is 1.00 bits per heavy atom. The van der Waals surface area contributed by atoms with E-state index in [1.54, 1.807) is 0 Å². The number of carbonyl (C=O) groups is 3. The van der Waals surface area contributed by atoms with E-state index in [1.807, 2.05) is 20.8 Å². The number of hydrogen-bond donors (Lipinski definition) is 2. The third-order valence-electron chi connectivity index (χ3n) is 3.34. The molecule has 23 heavy (non-hydrogen) atoms. The molecule has 0 saturated heterocycles. The lowest BCUT2D eigenvalue weighted by Gasteiger charge is -2.19. The van der Waals surface area contributed by atoms with Crippen molar-refractivity contribution in [3.8, 4) is 0 Å². The maximum Gasteiger partial charge on any atom is 0.407 e. The van der Waals surface area contributed by atoms with Crippen molar-refractivity contribution in [2.75, 3.05) is 14.2 Å². The molecule has 2 fully saturated rings. The lowest BCUT2D eigenvalue weighted by atomic mass is 10.2. The van der Waals surface area contributed by atoms with Gasteiger partial charge in [0.05, 0.1) is 26.1 Å². The van der Waals surface area contributed by atoms with Gasteiger partial charge in [-0.25, -0.2) is 4.79 Å². The Kier molecular flexibility index (Phi) is 6.37. The summed E-state index contributed by atoms with van der Waals surface area (Å²) in [6.07, 6.45) is 1.05. The van der Waals surface area contributed by atoms with Gasteiger partial charge in [0.15, 0.2) is 0 Å². The zero-order valence-corrected chi connectivity index (χ0v) is 14.3. The first-order valence-electron chi connectivity index (χ1n) is 7.49. The van der Waals surface area contributed by atoms with Gasteiger partial charge in [0.25, 0.3) is 0 Å². The molecule has 4 atom stereocenters. The highest BCUT2D eigenvalue weighted by Gasteiger charge is 2.49. The van der Waals surface area contributed by atoms with Crippen LogP contribution in [0.3, 0.4) is 0 Å². The van der Waals surface area contributed by atoms with Gasteiger partial charge in [-0.15, -0.1) is 0 Å². The SMILES string of the molecule is CC(C)(C)OC(=O)NC1C[C@H]1N.COC(=O)C1C[C@H]1C(=O)OC. The number of carbonyl (C=O) groups excluding carboxylic acids is 3. The predicted molar refractivity (Wildman–Crippen MR) is 81.4 cm³/mol. The van der Waals surface area contributed by atoms with Crippen LogP contribution in [0.15, 0.2) is 0 Å². The minimum Gasteiger partial charge on any atom is -0.469 e. The number of alkyl carbamates (subject to hydrolysis) is 1. The minimum absolute atomic E-state index is 0.123. The number of nitrogens with one attached hydrogen (secondary N) is 1. The van der Waals surface area contributed by atoms with Crippen LogP contribution < -0.4 is 11.1 Å². The summed E-state index contributed by atoms with van der Waals surface area (Å²) in [4.78, 5) is 32.6. The summed E-state index contributed by atoms with van der Waals surface area (Å²) in [5.41, 5.74) is 5.08. The van der Waals surface area contributed by atoms with E-state index in [9.17, 15) is 14.4 Å². The van der Waals surface area contributed by atoms with Crippen LogP contribution in [0, 0.1) is 11.8 Å². The number of amides is 1. The van der Waals surface area contributed by atoms with Crippen LogP contribution in [0.5, 0.6) is 0 Å². The quantitative estimate of drug-likeness (QED) is 0.574. The fraction of sp³-hybridized carbons (Fsp3) is 0.800. The molecule has 0 aromatic heterocycles. The summed E-state index contributed by atoms with van der Waals surface area (Å²) in [6, 6.07) is 0.248. The molecular weight excluding hydrogens is 304 g/mol. The summed E-state index contributed by atoms with van der Waals surface area (Å²) in [5.74, 6) is -1.15. The molecule has 1 amide bonds. The van der Waals surface area contributed by atoms with E-state index in [1.165, 1.54) is 14.2 Å². The Morgan fingerprint density at radius 2 is 1.43 bits per heavy atom. The van der Waals surface area contributed by atoms with Crippen molar-refractivity contribution in [3.05, 3.63) is 0 Å². The van der Waals surface area contributed by atoms with E-state index in [2.05, 4.69) is 14.8 Å². The van der Waals surface area contributed by atoms with E-state index >= 15 is 0 Å². The molecule has 0 aromatic rings. The van der Waals surface area contributed by atoms with Crippen molar-refractivity contribution >= 4 is 18.0 Å². The number of rotatable bonds is 3. The summed E-state index contributed by atoms with van der Waals surface area (Å²) in [6.45, 7) is 5.50. The van der Waals surface area contributed by atoms with Crippen molar-refractivity contribution < 1.29 is 28.6 Å². The van der Waals surface area contributed by atoms with Gasteiger partial charge in [-0.05, 0) is 33.6 Å². The lowest BCUT2D eigenvalue weighted by Crippen LogP contribution is -2.35. The number of ether oxygens (including phenoxy) is 3. The highest BCUT2D eigenvalue weighted by atomic mass is 16.6. The molecular formula is C15H26N2O6. The smallest absolute Gasteiger partial charge is 0.407 e. The van der Waals surface area contributed by atoms with Crippen molar-refractivity contribution in [2.24, 2.45) is 17.6 Å². The maximum atomic E-state index is 11.1. The normalized spacial score (nSPS) is 27.7. The molecule has 0 radical (unpaired) electrons. The molecule has 132 valence electrons. The first-order chi connectivity index (χ1) is 10.6. The molecule has 0 aliphatic heterocycles. The van der Waals surface area contributed by atoms with Crippen molar-refractivity contribution in [3.63, 3.8) is 0 Å². The Morgan fingerprint density at radius 3 is 1.74 bits per heavy atom. The van der Waals surface area contributed by atoms with E-state index in [4.69, 9.17) is 10.5 Å². The van der Waals surface area contributed by atoms with Crippen LogP contribution in [-0.2, 0) is 23.8 Å². The van der Waals surface area contributed by atoms with E-state index in [0.717, 1.165) is 6.42 Å². The lowest BCUT2D eigenvalue weighted by molar-refractivity contribution is -0.148. The van der Waals surface area contributed by atoms with Gasteiger partial charge in [-0.3, -0.25) is 9.59 Å². The summed E-state index contributed by atoms with van der Waals surface area (Å²) < 4.78 is 13.9. The van der Waals surface area contributed by atoms with E-state index in [-0.39, 0.29) is 42.0 Å². The Balaban J connectivity index is 0.000000231. The molecule has 0 heterocycles. The van der Waals surface area contributed by atoms with Crippen LogP contribution in [0.1, 0.15) is 33.6 Å². The first-order valence-corrected chi connectivity index (χ1v) is 7.49. The van der Waals surface area contributed by atoms with Crippen LogP contribution in [0.25, 0.3) is 0 Å². The number of nitrogens with two attached hydrogens (primary N) is 1. The zero-order valence-electron chi connectivity index (χ0n) is 14.3. The standard InChI is InChI=1S/C8H16N2O2.C7H10O4/c1-8(2,3)12-7(11)10-6-4-5(6)9;1-10-6(8)4-3-5(4)7(9)11-2/h5-6H,4,9H2,1-3H3,(H,10,11);4-5H,3H2,1-2H3/t5-,6?;4-,5?/m11/s1. The second kappa shape index (κ2) is 7.63. The zero-order chi connectivity index (χ0) is 17.8. The van der Waals surface area contributed by atoms with E-state index < -0.39 is 5.60 Å². The van der Waals surface area contributed by atoms with Crippen LogP contribution in [0.4, 0.5) is 4.79 Å². The van der Waals surface area contributed by atoms with Gasteiger partial charge in [0.2, 0.25) is 0 Å². The molecule has 8 nitrogen and oxygen atoms in total. The Labute approximate surface area is 136 Å². The Hall–Kier alpha value is -1.83. The summed E-state index contributed by atoms with van der Waals surface area (Å²) in [5, 5.41) is 2.67. The molecule has 2 aliphatic carbocycles. The van der Waals surface area contributed by atoms with Gasteiger partial charge in [-0.2, -0.15) is 0 Å². The highest BCUT2D eigenvalue weighted by Crippen LogP contribution is 2.40. The van der Waals surface area contributed by atoms with Crippen LogP contribution >= 0.6 is 0 Å². The molecule has 2 rings (SSSR count). The molecule has 8 heteroatoms. The van der Waals surface area contributed by atoms with Gasteiger partial charge < -0.3 is 25.3 Å². The van der Waals surface area contributed by atoms with Gasteiger partial charge in [-0.1, -0.05) is 0 Å². The second-order valence-corrected chi connectivity index (χ2v) is 6.65. The minimum atomic E-state index is -0.428. The molecule has 0 aromatic carbocycles. The fourth-order valence-corrected chi connectivity index (χ4v) is 1.86. The van der Waals surface area contributed by atoms with Gasteiger partial charge >= 0.3 is 18.0 Å². The average Bonchev–Trinajstić information content (AvgIpc) is 3.34. The number of hydrogen-bond acceptors (Lipinski definition) is 7. The molecule has 2 saturated carbocycles. The molecule has 2 aliphatic rings. The molecule has 0 spiro atoms. The topological polar surface area (TPSA) is 117 Å². The monoisotopic (exact) mass is 330 g/mol.